The van der Waals surface area contributed by atoms with E-state index in [-0.39, 0.29) is 17.9 Å². The molecule has 3 aliphatic rings. The van der Waals surface area contributed by atoms with Crippen molar-refractivity contribution in [1.29, 1.82) is 0 Å². The van der Waals surface area contributed by atoms with E-state index in [1.54, 1.807) is 4.90 Å². The molecule has 4 rings (SSSR count). The highest BCUT2D eigenvalue weighted by atomic mass is 32.1. The molecule has 2 amide bonds. The number of hydrogen-bond acceptors (Lipinski definition) is 6. The molecular formula is C18H27N5O2S. The van der Waals surface area contributed by atoms with E-state index in [0.717, 1.165) is 43.9 Å². The lowest BCUT2D eigenvalue weighted by Crippen LogP contribution is -2.49. The topological polar surface area (TPSA) is 78.4 Å². The van der Waals surface area contributed by atoms with Crippen molar-refractivity contribution in [2.45, 2.75) is 70.4 Å². The van der Waals surface area contributed by atoms with E-state index in [9.17, 15) is 9.59 Å². The van der Waals surface area contributed by atoms with Gasteiger partial charge in [0, 0.05) is 25.6 Å². The minimum absolute atomic E-state index is 0.120. The highest BCUT2D eigenvalue weighted by Crippen LogP contribution is 2.34. The molecule has 3 heterocycles. The molecule has 3 atom stereocenters. The zero-order valence-corrected chi connectivity index (χ0v) is 16.1. The van der Waals surface area contributed by atoms with Crippen molar-refractivity contribution in [2.24, 2.45) is 5.92 Å². The third-order valence-corrected chi connectivity index (χ3v) is 6.93. The Hall–Kier alpha value is -1.70. The van der Waals surface area contributed by atoms with Crippen molar-refractivity contribution < 1.29 is 9.59 Å². The van der Waals surface area contributed by atoms with Gasteiger partial charge in [-0.1, -0.05) is 31.1 Å². The number of anilines is 2. The lowest BCUT2D eigenvalue weighted by Gasteiger charge is -2.32. The molecule has 26 heavy (non-hydrogen) atoms. The molecule has 3 fully saturated rings. The normalized spacial score (nSPS) is 29.4. The highest BCUT2D eigenvalue weighted by Gasteiger charge is 2.36. The maximum atomic E-state index is 12.9. The fourth-order valence-electron chi connectivity index (χ4n) is 4.36. The Balaban J connectivity index is 1.44. The predicted molar refractivity (Wildman–Crippen MR) is 101 cm³/mol. The van der Waals surface area contributed by atoms with Crippen molar-refractivity contribution in [3.8, 4) is 0 Å². The standard InChI is InChI=1S/C18H27N5O2S/c1-12-6-2-3-7-13(12)19-16(25)14-8-4-10-22(14)17-20-21-18(26-17)23-11-5-9-15(23)24/h12-14H,2-11H2,1H3,(H,19,25)/t12-,13-,14-/m1/s1. The summed E-state index contributed by atoms with van der Waals surface area (Å²) in [5.74, 6) is 0.793. The van der Waals surface area contributed by atoms with Crippen molar-refractivity contribution in [3.63, 3.8) is 0 Å². The van der Waals surface area contributed by atoms with Gasteiger partial charge in [0.2, 0.25) is 22.1 Å². The molecule has 2 saturated heterocycles. The first kappa shape index (κ1) is 17.7. The summed E-state index contributed by atoms with van der Waals surface area (Å²) in [6, 6.07) is 0.130. The zero-order valence-electron chi connectivity index (χ0n) is 15.3. The number of carbonyl (C=O) groups is 2. The van der Waals surface area contributed by atoms with Crippen molar-refractivity contribution in [3.05, 3.63) is 0 Å². The second-order valence-electron chi connectivity index (χ2n) is 7.74. The molecular weight excluding hydrogens is 350 g/mol. The van der Waals surface area contributed by atoms with Crippen LogP contribution < -0.4 is 15.1 Å². The van der Waals surface area contributed by atoms with E-state index >= 15 is 0 Å². The van der Waals surface area contributed by atoms with Crippen LogP contribution in [-0.2, 0) is 9.59 Å². The average molecular weight is 378 g/mol. The number of nitrogens with zero attached hydrogens (tertiary/aromatic N) is 4. The fourth-order valence-corrected chi connectivity index (χ4v) is 5.33. The van der Waals surface area contributed by atoms with Gasteiger partial charge in [0.05, 0.1) is 0 Å². The largest absolute Gasteiger partial charge is 0.351 e. The van der Waals surface area contributed by atoms with Crippen LogP contribution in [0.4, 0.5) is 10.3 Å². The molecule has 8 heteroatoms. The lowest BCUT2D eigenvalue weighted by molar-refractivity contribution is -0.123. The Labute approximate surface area is 158 Å². The number of aromatic nitrogens is 2. The molecule has 0 aromatic carbocycles. The van der Waals surface area contributed by atoms with Crippen LogP contribution in [-0.4, -0.2) is 47.2 Å². The zero-order chi connectivity index (χ0) is 18.1. The summed E-state index contributed by atoms with van der Waals surface area (Å²) in [5, 5.41) is 13.2. The summed E-state index contributed by atoms with van der Waals surface area (Å²) in [4.78, 5) is 28.6. The maximum absolute atomic E-state index is 12.9. The van der Waals surface area contributed by atoms with Crippen LogP contribution in [0.25, 0.3) is 0 Å². The van der Waals surface area contributed by atoms with Gasteiger partial charge in [0.25, 0.3) is 0 Å². The van der Waals surface area contributed by atoms with Gasteiger partial charge in [-0.15, -0.1) is 10.2 Å². The van der Waals surface area contributed by atoms with Gasteiger partial charge >= 0.3 is 0 Å². The highest BCUT2D eigenvalue weighted by molar-refractivity contribution is 7.19. The van der Waals surface area contributed by atoms with Crippen LogP contribution in [0, 0.1) is 5.92 Å². The molecule has 7 nitrogen and oxygen atoms in total. The van der Waals surface area contributed by atoms with Gasteiger partial charge in [0.15, 0.2) is 0 Å². The van der Waals surface area contributed by atoms with Gasteiger partial charge in [-0.3, -0.25) is 14.5 Å². The SMILES string of the molecule is C[C@@H]1CCCC[C@H]1NC(=O)[C@H]1CCCN1c1nnc(N2CCCC2=O)s1. The summed E-state index contributed by atoms with van der Waals surface area (Å²) < 4.78 is 0. The fraction of sp³-hybridized carbons (Fsp3) is 0.778. The maximum Gasteiger partial charge on any atom is 0.243 e. The number of carbonyl (C=O) groups excluding carboxylic acids is 2. The smallest absolute Gasteiger partial charge is 0.243 e. The Morgan fingerprint density at radius 1 is 1.08 bits per heavy atom. The van der Waals surface area contributed by atoms with Crippen molar-refractivity contribution in [1.82, 2.24) is 15.5 Å². The lowest BCUT2D eigenvalue weighted by atomic mass is 9.86. The number of rotatable bonds is 4. The first-order valence-electron chi connectivity index (χ1n) is 9.84. The van der Waals surface area contributed by atoms with Gasteiger partial charge in [0.1, 0.15) is 6.04 Å². The quantitative estimate of drug-likeness (QED) is 0.871. The number of hydrogen-bond donors (Lipinski definition) is 1. The minimum Gasteiger partial charge on any atom is -0.351 e. The monoisotopic (exact) mass is 377 g/mol. The first-order valence-corrected chi connectivity index (χ1v) is 10.7. The molecule has 1 aromatic rings. The second kappa shape index (κ2) is 7.50. The molecule has 0 unspecified atom stereocenters. The van der Waals surface area contributed by atoms with E-state index in [0.29, 0.717) is 23.5 Å². The molecule has 2 aliphatic heterocycles. The summed E-state index contributed by atoms with van der Waals surface area (Å²) in [6.45, 7) is 3.78. The summed E-state index contributed by atoms with van der Waals surface area (Å²) in [5.41, 5.74) is 0. The Morgan fingerprint density at radius 3 is 2.65 bits per heavy atom. The molecule has 1 N–H and O–H groups in total. The van der Waals surface area contributed by atoms with Gasteiger partial charge in [-0.2, -0.15) is 0 Å². The Bertz CT molecular complexity index is 678. The summed E-state index contributed by atoms with van der Waals surface area (Å²) in [6.07, 6.45) is 8.05. The minimum atomic E-state index is -0.167. The van der Waals surface area contributed by atoms with Crippen LogP contribution in [0.3, 0.4) is 0 Å². The molecule has 1 saturated carbocycles. The van der Waals surface area contributed by atoms with Gasteiger partial charge in [-0.05, 0) is 38.0 Å². The molecule has 0 spiro atoms. The van der Waals surface area contributed by atoms with E-state index < -0.39 is 0 Å². The molecule has 142 valence electrons. The van der Waals surface area contributed by atoms with Crippen LogP contribution in [0.5, 0.6) is 0 Å². The Morgan fingerprint density at radius 2 is 1.88 bits per heavy atom. The second-order valence-corrected chi connectivity index (χ2v) is 8.68. The van der Waals surface area contributed by atoms with E-state index in [1.165, 1.54) is 30.6 Å². The van der Waals surface area contributed by atoms with Crippen molar-refractivity contribution in [2.75, 3.05) is 22.9 Å². The van der Waals surface area contributed by atoms with E-state index in [4.69, 9.17) is 0 Å². The Kier molecular flexibility index (Phi) is 5.11. The van der Waals surface area contributed by atoms with Crippen LogP contribution >= 0.6 is 11.3 Å². The van der Waals surface area contributed by atoms with Gasteiger partial charge < -0.3 is 10.2 Å². The predicted octanol–water partition coefficient (Wildman–Crippen LogP) is 2.33. The third-order valence-electron chi connectivity index (χ3n) is 5.95. The summed E-state index contributed by atoms with van der Waals surface area (Å²) in [7, 11) is 0. The first-order chi connectivity index (χ1) is 12.6. The van der Waals surface area contributed by atoms with Crippen molar-refractivity contribution >= 4 is 33.4 Å². The van der Waals surface area contributed by atoms with Crippen LogP contribution in [0.2, 0.25) is 0 Å². The van der Waals surface area contributed by atoms with E-state index in [2.05, 4.69) is 27.3 Å². The molecule has 0 bridgehead atoms. The average Bonchev–Trinajstić information content (AvgIpc) is 3.35. The van der Waals surface area contributed by atoms with Crippen LogP contribution in [0.15, 0.2) is 0 Å². The van der Waals surface area contributed by atoms with Gasteiger partial charge in [-0.25, -0.2) is 0 Å². The third kappa shape index (κ3) is 3.43. The molecule has 1 aliphatic carbocycles. The van der Waals surface area contributed by atoms with E-state index in [1.807, 2.05) is 0 Å². The van der Waals surface area contributed by atoms with Crippen LogP contribution in [0.1, 0.15) is 58.3 Å². The number of nitrogens with one attached hydrogen (secondary N) is 1. The number of amides is 2. The summed E-state index contributed by atoms with van der Waals surface area (Å²) >= 11 is 1.43. The molecule has 1 aromatic heterocycles. The molecule has 0 radical (unpaired) electrons.